The zero-order valence-corrected chi connectivity index (χ0v) is 16.8. The Bertz CT molecular complexity index is 374. The average molecular weight is 329 g/mol. The molecule has 0 N–H and O–H groups in total. The Morgan fingerprint density at radius 1 is 0.952 bits per heavy atom. The standard InChI is InChI=1S/C16H32O3Si2/c1-9-11-12-13-15(18-20(3,4)5)14-16(17-10-2)19-21(6,7)8/h9,13-14H,1,10-12H2,2-8H3/b15-13+,16-14-. The first kappa shape index (κ1) is 20.1. The molecule has 0 fully saturated rings. The van der Waals surface area contributed by atoms with Gasteiger partial charge in [0.15, 0.2) is 0 Å². The van der Waals surface area contributed by atoms with E-state index in [1.54, 1.807) is 0 Å². The number of unbranched alkanes of at least 4 members (excludes halogenated alkanes) is 1. The molecule has 0 saturated heterocycles. The molecule has 0 saturated carbocycles. The van der Waals surface area contributed by atoms with E-state index >= 15 is 0 Å². The predicted molar refractivity (Wildman–Crippen MR) is 96.1 cm³/mol. The van der Waals surface area contributed by atoms with Crippen molar-refractivity contribution in [1.29, 1.82) is 0 Å². The van der Waals surface area contributed by atoms with Gasteiger partial charge in [0.1, 0.15) is 5.76 Å². The highest BCUT2D eigenvalue weighted by Gasteiger charge is 2.21. The van der Waals surface area contributed by atoms with Crippen LogP contribution in [0, 0.1) is 0 Å². The summed E-state index contributed by atoms with van der Waals surface area (Å²) in [5, 5.41) is 0. The van der Waals surface area contributed by atoms with E-state index in [1.165, 1.54) is 0 Å². The fourth-order valence-corrected chi connectivity index (χ4v) is 3.06. The minimum absolute atomic E-state index is 0.569. The van der Waals surface area contributed by atoms with E-state index in [4.69, 9.17) is 13.6 Å². The van der Waals surface area contributed by atoms with Crippen molar-refractivity contribution in [2.45, 2.75) is 59.0 Å². The van der Waals surface area contributed by atoms with E-state index in [9.17, 15) is 0 Å². The molecule has 0 radical (unpaired) electrons. The van der Waals surface area contributed by atoms with Crippen LogP contribution >= 0.6 is 0 Å². The second-order valence-corrected chi connectivity index (χ2v) is 15.7. The number of hydrogen-bond donors (Lipinski definition) is 0. The summed E-state index contributed by atoms with van der Waals surface area (Å²) in [6.07, 6.45) is 7.74. The molecule has 0 aromatic rings. The Labute approximate surface area is 132 Å². The summed E-state index contributed by atoms with van der Waals surface area (Å²) in [4.78, 5) is 0. The molecular formula is C16H32O3Si2. The van der Waals surface area contributed by atoms with E-state index in [0.717, 1.165) is 18.6 Å². The average Bonchev–Trinajstić information content (AvgIpc) is 2.25. The summed E-state index contributed by atoms with van der Waals surface area (Å²) in [5.41, 5.74) is 0. The smallest absolute Gasteiger partial charge is 0.268 e. The molecule has 3 nitrogen and oxygen atoms in total. The summed E-state index contributed by atoms with van der Waals surface area (Å²) in [5.74, 6) is 1.41. The van der Waals surface area contributed by atoms with Gasteiger partial charge in [-0.15, -0.1) is 6.58 Å². The lowest BCUT2D eigenvalue weighted by Crippen LogP contribution is -2.27. The fourth-order valence-electron chi connectivity index (χ4n) is 1.49. The Kier molecular flexibility index (Phi) is 8.74. The maximum absolute atomic E-state index is 6.12. The second-order valence-electron chi connectivity index (χ2n) is 6.80. The van der Waals surface area contributed by atoms with E-state index in [2.05, 4.69) is 51.9 Å². The first-order valence-corrected chi connectivity index (χ1v) is 14.4. The number of hydrogen-bond acceptors (Lipinski definition) is 3. The van der Waals surface area contributed by atoms with Gasteiger partial charge in [0, 0.05) is 0 Å². The molecule has 122 valence electrons. The molecule has 0 unspecified atom stereocenters. The van der Waals surface area contributed by atoms with Crippen LogP contribution in [0.2, 0.25) is 39.3 Å². The predicted octanol–water partition coefficient (Wildman–Crippen LogP) is 5.42. The second kappa shape index (κ2) is 9.15. The molecule has 0 aliphatic rings. The van der Waals surface area contributed by atoms with Crippen molar-refractivity contribution in [1.82, 2.24) is 0 Å². The molecule has 0 aromatic carbocycles. The lowest BCUT2D eigenvalue weighted by molar-refractivity contribution is 0.111. The van der Waals surface area contributed by atoms with Gasteiger partial charge in [-0.2, -0.15) is 0 Å². The maximum atomic E-state index is 6.12. The van der Waals surface area contributed by atoms with Crippen LogP contribution in [0.15, 0.2) is 36.5 Å². The molecule has 0 atom stereocenters. The molecule has 0 aliphatic heterocycles. The molecule has 0 spiro atoms. The molecule has 0 heterocycles. The quantitative estimate of drug-likeness (QED) is 0.176. The minimum Gasteiger partial charge on any atom is -0.544 e. The highest BCUT2D eigenvalue weighted by molar-refractivity contribution is 6.70. The van der Waals surface area contributed by atoms with Crippen LogP contribution in [-0.4, -0.2) is 23.2 Å². The third-order valence-corrected chi connectivity index (χ3v) is 3.76. The van der Waals surface area contributed by atoms with Gasteiger partial charge in [0.2, 0.25) is 16.6 Å². The molecular weight excluding hydrogens is 296 g/mol. The van der Waals surface area contributed by atoms with Crippen LogP contribution in [0.3, 0.4) is 0 Å². The van der Waals surface area contributed by atoms with Gasteiger partial charge in [0.05, 0.1) is 12.7 Å². The van der Waals surface area contributed by atoms with Crippen molar-refractivity contribution < 1.29 is 13.6 Å². The third kappa shape index (κ3) is 12.5. The van der Waals surface area contributed by atoms with Gasteiger partial charge >= 0.3 is 0 Å². The van der Waals surface area contributed by atoms with Gasteiger partial charge in [-0.05, 0) is 65.1 Å². The lowest BCUT2D eigenvalue weighted by Gasteiger charge is -2.24. The van der Waals surface area contributed by atoms with E-state index < -0.39 is 16.6 Å². The zero-order chi connectivity index (χ0) is 16.5. The van der Waals surface area contributed by atoms with Gasteiger partial charge in [-0.1, -0.05) is 6.08 Å². The van der Waals surface area contributed by atoms with Crippen molar-refractivity contribution in [2.75, 3.05) is 6.61 Å². The van der Waals surface area contributed by atoms with E-state index in [1.807, 2.05) is 19.1 Å². The van der Waals surface area contributed by atoms with Crippen LogP contribution in [0.5, 0.6) is 0 Å². The molecule has 5 heteroatoms. The normalized spacial score (nSPS) is 13.9. The van der Waals surface area contributed by atoms with Crippen molar-refractivity contribution in [2.24, 2.45) is 0 Å². The minimum atomic E-state index is -1.70. The van der Waals surface area contributed by atoms with Gasteiger partial charge in [-0.25, -0.2) is 0 Å². The fraction of sp³-hybridized carbons (Fsp3) is 0.625. The number of allylic oxidation sites excluding steroid dienone is 3. The summed E-state index contributed by atoms with van der Waals surface area (Å²) < 4.78 is 17.7. The molecule has 0 aromatic heterocycles. The summed E-state index contributed by atoms with van der Waals surface area (Å²) in [6.45, 7) is 19.2. The van der Waals surface area contributed by atoms with Gasteiger partial charge in [-0.3, -0.25) is 0 Å². The van der Waals surface area contributed by atoms with Crippen molar-refractivity contribution in [3.8, 4) is 0 Å². The molecule has 0 bridgehead atoms. The highest BCUT2D eigenvalue weighted by atomic mass is 28.4. The van der Waals surface area contributed by atoms with Crippen LogP contribution in [0.1, 0.15) is 19.8 Å². The maximum Gasteiger partial charge on any atom is 0.268 e. The Morgan fingerprint density at radius 3 is 1.95 bits per heavy atom. The van der Waals surface area contributed by atoms with E-state index in [0.29, 0.717) is 12.6 Å². The Hall–Kier alpha value is -0.946. The molecule has 0 amide bonds. The van der Waals surface area contributed by atoms with Gasteiger partial charge < -0.3 is 13.6 Å². The molecule has 21 heavy (non-hydrogen) atoms. The molecule has 0 rings (SSSR count). The third-order valence-electron chi connectivity index (χ3n) is 2.09. The number of rotatable bonds is 10. The Morgan fingerprint density at radius 2 is 1.52 bits per heavy atom. The van der Waals surface area contributed by atoms with Crippen LogP contribution in [-0.2, 0) is 13.6 Å². The Balaban J connectivity index is 5.19. The summed E-state index contributed by atoms with van der Waals surface area (Å²) in [6, 6.07) is 0. The topological polar surface area (TPSA) is 27.7 Å². The van der Waals surface area contributed by atoms with Crippen molar-refractivity contribution in [3.63, 3.8) is 0 Å². The van der Waals surface area contributed by atoms with E-state index in [-0.39, 0.29) is 0 Å². The summed E-state index contributed by atoms with van der Waals surface area (Å²) >= 11 is 0. The SMILES string of the molecule is C=CCC/C=C(\C=C(\OCC)O[Si](C)(C)C)O[Si](C)(C)C. The lowest BCUT2D eigenvalue weighted by atomic mass is 10.2. The largest absolute Gasteiger partial charge is 0.544 e. The van der Waals surface area contributed by atoms with Crippen LogP contribution in [0.25, 0.3) is 0 Å². The van der Waals surface area contributed by atoms with Crippen molar-refractivity contribution in [3.05, 3.63) is 36.5 Å². The first-order chi connectivity index (χ1) is 9.57. The van der Waals surface area contributed by atoms with Gasteiger partial charge in [0.25, 0.3) is 5.95 Å². The monoisotopic (exact) mass is 328 g/mol. The van der Waals surface area contributed by atoms with Crippen LogP contribution < -0.4 is 0 Å². The highest BCUT2D eigenvalue weighted by Crippen LogP contribution is 2.18. The molecule has 0 aliphatic carbocycles. The number of ether oxygens (including phenoxy) is 1. The van der Waals surface area contributed by atoms with Crippen molar-refractivity contribution >= 4 is 16.6 Å². The summed E-state index contributed by atoms with van der Waals surface area (Å²) in [7, 11) is -3.37. The van der Waals surface area contributed by atoms with Crippen LogP contribution in [0.4, 0.5) is 0 Å². The first-order valence-electron chi connectivity index (χ1n) is 7.61. The zero-order valence-electron chi connectivity index (χ0n) is 14.8.